The number of benzene rings is 2. The summed E-state index contributed by atoms with van der Waals surface area (Å²) in [6, 6.07) is 12.4. The summed E-state index contributed by atoms with van der Waals surface area (Å²) < 4.78 is 13.9. The first-order valence-corrected chi connectivity index (χ1v) is 6.32. The SMILES string of the molecule is Cc1cccc(F)c1Nc1ccc2ncccc2c1N. The second kappa shape index (κ2) is 4.81. The molecule has 0 spiro atoms. The number of anilines is 3. The van der Waals surface area contributed by atoms with Gasteiger partial charge in [0.15, 0.2) is 0 Å². The molecule has 3 nitrogen and oxygen atoms in total. The van der Waals surface area contributed by atoms with E-state index < -0.39 is 0 Å². The number of para-hydroxylation sites is 1. The smallest absolute Gasteiger partial charge is 0.146 e. The van der Waals surface area contributed by atoms with Gasteiger partial charge in [0.1, 0.15) is 5.82 Å². The van der Waals surface area contributed by atoms with Gasteiger partial charge in [-0.15, -0.1) is 0 Å². The molecule has 3 N–H and O–H groups in total. The molecule has 3 rings (SSSR count). The number of aryl methyl sites for hydroxylation is 1. The van der Waals surface area contributed by atoms with Crippen molar-refractivity contribution in [3.8, 4) is 0 Å². The molecule has 0 bridgehead atoms. The number of nitrogens with two attached hydrogens (primary N) is 1. The number of nitrogen functional groups attached to an aromatic ring is 1. The quantitative estimate of drug-likeness (QED) is 0.690. The summed E-state index contributed by atoms with van der Waals surface area (Å²) in [5, 5.41) is 3.93. The Morgan fingerprint density at radius 1 is 1.10 bits per heavy atom. The highest BCUT2D eigenvalue weighted by Crippen LogP contribution is 2.31. The maximum Gasteiger partial charge on any atom is 0.146 e. The minimum Gasteiger partial charge on any atom is -0.396 e. The molecule has 0 aliphatic rings. The Hall–Kier alpha value is -2.62. The van der Waals surface area contributed by atoms with E-state index in [-0.39, 0.29) is 5.82 Å². The number of rotatable bonds is 2. The molecule has 0 saturated heterocycles. The number of halogens is 1. The van der Waals surface area contributed by atoms with E-state index in [0.717, 1.165) is 16.5 Å². The highest BCUT2D eigenvalue weighted by molar-refractivity contribution is 5.97. The molecule has 0 saturated carbocycles. The van der Waals surface area contributed by atoms with Gasteiger partial charge < -0.3 is 11.1 Å². The third kappa shape index (κ3) is 2.05. The Kier molecular flexibility index (Phi) is 2.99. The number of nitrogens with zero attached hydrogens (tertiary/aromatic N) is 1. The van der Waals surface area contributed by atoms with Crippen LogP contribution in [0.15, 0.2) is 48.7 Å². The lowest BCUT2D eigenvalue weighted by Crippen LogP contribution is -2.01. The number of fused-ring (bicyclic) bond motifs is 1. The summed E-state index contributed by atoms with van der Waals surface area (Å²) in [6.07, 6.45) is 1.72. The molecule has 0 radical (unpaired) electrons. The van der Waals surface area contributed by atoms with Gasteiger partial charge >= 0.3 is 0 Å². The van der Waals surface area contributed by atoms with Gasteiger partial charge in [-0.05, 0) is 42.8 Å². The lowest BCUT2D eigenvalue weighted by atomic mass is 10.1. The predicted octanol–water partition coefficient (Wildman–Crippen LogP) is 4.01. The van der Waals surface area contributed by atoms with Crippen molar-refractivity contribution in [3.05, 3.63) is 60.0 Å². The summed E-state index contributed by atoms with van der Waals surface area (Å²) >= 11 is 0. The molecular formula is C16H14FN3. The molecule has 100 valence electrons. The summed E-state index contributed by atoms with van der Waals surface area (Å²) in [4.78, 5) is 4.24. The van der Waals surface area contributed by atoms with E-state index in [0.29, 0.717) is 17.1 Å². The Labute approximate surface area is 116 Å². The van der Waals surface area contributed by atoms with Crippen molar-refractivity contribution in [3.63, 3.8) is 0 Å². The topological polar surface area (TPSA) is 50.9 Å². The highest BCUT2D eigenvalue weighted by Gasteiger charge is 2.09. The van der Waals surface area contributed by atoms with Gasteiger partial charge in [0.05, 0.1) is 22.6 Å². The zero-order valence-electron chi connectivity index (χ0n) is 11.0. The van der Waals surface area contributed by atoms with Crippen LogP contribution in [0.3, 0.4) is 0 Å². The van der Waals surface area contributed by atoms with Crippen LogP contribution in [-0.4, -0.2) is 4.98 Å². The van der Waals surface area contributed by atoms with Gasteiger partial charge in [0.25, 0.3) is 0 Å². The van der Waals surface area contributed by atoms with Crippen LogP contribution in [0.1, 0.15) is 5.56 Å². The third-order valence-corrected chi connectivity index (χ3v) is 3.31. The van der Waals surface area contributed by atoms with Crippen LogP contribution in [0, 0.1) is 12.7 Å². The minimum atomic E-state index is -0.296. The van der Waals surface area contributed by atoms with Gasteiger partial charge in [0, 0.05) is 11.6 Å². The lowest BCUT2D eigenvalue weighted by molar-refractivity contribution is 0.631. The van der Waals surface area contributed by atoms with Crippen molar-refractivity contribution < 1.29 is 4.39 Å². The molecule has 0 amide bonds. The first kappa shape index (κ1) is 12.4. The molecule has 20 heavy (non-hydrogen) atoms. The first-order valence-electron chi connectivity index (χ1n) is 6.32. The molecule has 0 unspecified atom stereocenters. The number of pyridine rings is 1. The fourth-order valence-electron chi connectivity index (χ4n) is 2.21. The van der Waals surface area contributed by atoms with Crippen molar-refractivity contribution in [2.24, 2.45) is 0 Å². The molecular weight excluding hydrogens is 253 g/mol. The molecule has 0 aliphatic heterocycles. The van der Waals surface area contributed by atoms with Crippen LogP contribution in [0.2, 0.25) is 0 Å². The number of aromatic nitrogens is 1. The van der Waals surface area contributed by atoms with Crippen LogP contribution in [0.5, 0.6) is 0 Å². The van der Waals surface area contributed by atoms with Crippen molar-refractivity contribution in [1.29, 1.82) is 0 Å². The lowest BCUT2D eigenvalue weighted by Gasteiger charge is -2.14. The monoisotopic (exact) mass is 267 g/mol. The summed E-state index contributed by atoms with van der Waals surface area (Å²) in [5.74, 6) is -0.296. The van der Waals surface area contributed by atoms with Gasteiger partial charge in [-0.25, -0.2) is 4.39 Å². The average molecular weight is 267 g/mol. The second-order valence-electron chi connectivity index (χ2n) is 4.65. The van der Waals surface area contributed by atoms with E-state index >= 15 is 0 Å². The van der Waals surface area contributed by atoms with Crippen molar-refractivity contribution in [1.82, 2.24) is 4.98 Å². The predicted molar refractivity (Wildman–Crippen MR) is 80.6 cm³/mol. The molecule has 2 aromatic carbocycles. The summed E-state index contributed by atoms with van der Waals surface area (Å²) in [6.45, 7) is 1.85. The molecule has 1 heterocycles. The molecule has 0 aliphatic carbocycles. The Morgan fingerprint density at radius 3 is 2.75 bits per heavy atom. The minimum absolute atomic E-state index is 0.296. The van der Waals surface area contributed by atoms with E-state index in [9.17, 15) is 4.39 Å². The van der Waals surface area contributed by atoms with E-state index in [4.69, 9.17) is 5.73 Å². The maximum absolute atomic E-state index is 13.9. The zero-order valence-corrected chi connectivity index (χ0v) is 11.0. The normalized spacial score (nSPS) is 10.7. The van der Waals surface area contributed by atoms with Crippen LogP contribution in [0.4, 0.5) is 21.5 Å². The van der Waals surface area contributed by atoms with E-state index in [1.54, 1.807) is 12.3 Å². The molecule has 0 atom stereocenters. The first-order chi connectivity index (χ1) is 9.66. The van der Waals surface area contributed by atoms with Crippen LogP contribution < -0.4 is 11.1 Å². The summed E-state index contributed by atoms with van der Waals surface area (Å²) in [7, 11) is 0. The zero-order chi connectivity index (χ0) is 14.1. The van der Waals surface area contributed by atoms with Gasteiger partial charge in [-0.1, -0.05) is 12.1 Å². The third-order valence-electron chi connectivity index (χ3n) is 3.31. The number of hydrogen-bond acceptors (Lipinski definition) is 3. The molecule has 3 aromatic rings. The maximum atomic E-state index is 13.9. The fourth-order valence-corrected chi connectivity index (χ4v) is 2.21. The van der Waals surface area contributed by atoms with Crippen molar-refractivity contribution >= 4 is 28.0 Å². The summed E-state index contributed by atoms with van der Waals surface area (Å²) in [5.41, 5.74) is 9.49. The average Bonchev–Trinajstić information content (AvgIpc) is 2.45. The molecule has 0 fully saturated rings. The van der Waals surface area contributed by atoms with Crippen LogP contribution >= 0.6 is 0 Å². The standard InChI is InChI=1S/C16H14FN3/c1-10-4-2-6-12(17)16(10)20-14-8-7-13-11(15(14)18)5-3-9-19-13/h2-9,20H,18H2,1H3. The Bertz CT molecular complexity index is 764. The fraction of sp³-hybridized carbons (Fsp3) is 0.0625. The van der Waals surface area contributed by atoms with E-state index in [1.165, 1.54) is 6.07 Å². The van der Waals surface area contributed by atoms with E-state index in [2.05, 4.69) is 10.3 Å². The Morgan fingerprint density at radius 2 is 1.95 bits per heavy atom. The van der Waals surface area contributed by atoms with Crippen molar-refractivity contribution in [2.45, 2.75) is 6.92 Å². The van der Waals surface area contributed by atoms with Crippen LogP contribution in [-0.2, 0) is 0 Å². The number of hydrogen-bond donors (Lipinski definition) is 2. The van der Waals surface area contributed by atoms with Crippen molar-refractivity contribution in [2.75, 3.05) is 11.1 Å². The second-order valence-corrected chi connectivity index (χ2v) is 4.65. The Balaban J connectivity index is 2.10. The van der Waals surface area contributed by atoms with Gasteiger partial charge in [0.2, 0.25) is 0 Å². The molecule has 4 heteroatoms. The van der Waals surface area contributed by atoms with Crippen LogP contribution in [0.25, 0.3) is 10.9 Å². The van der Waals surface area contributed by atoms with Gasteiger partial charge in [-0.3, -0.25) is 4.98 Å². The largest absolute Gasteiger partial charge is 0.396 e. The van der Waals surface area contributed by atoms with Gasteiger partial charge in [-0.2, -0.15) is 0 Å². The molecule has 1 aromatic heterocycles. The van der Waals surface area contributed by atoms with E-state index in [1.807, 2.05) is 37.3 Å². The number of nitrogens with one attached hydrogen (secondary N) is 1. The highest BCUT2D eigenvalue weighted by atomic mass is 19.1.